The predicted molar refractivity (Wildman–Crippen MR) is 114 cm³/mol. The number of ketones is 1. The van der Waals surface area contributed by atoms with E-state index >= 15 is 0 Å². The van der Waals surface area contributed by atoms with E-state index in [0.29, 0.717) is 5.02 Å². The SMILES string of the molecule is O=C1C(=O)N(c2cccc(OC(F)(F)F)c2)C(c2ccccn2)/C1=C(\O)c1ccc(Cl)cc1. The molecule has 1 aromatic heterocycles. The van der Waals surface area contributed by atoms with Gasteiger partial charge in [-0.25, -0.2) is 0 Å². The number of hydrogen-bond acceptors (Lipinski definition) is 5. The molecule has 0 radical (unpaired) electrons. The van der Waals surface area contributed by atoms with Crippen LogP contribution in [0.1, 0.15) is 17.3 Å². The van der Waals surface area contributed by atoms with Crippen LogP contribution in [-0.2, 0) is 9.59 Å². The molecule has 1 N–H and O–H groups in total. The summed E-state index contributed by atoms with van der Waals surface area (Å²) in [7, 11) is 0. The lowest BCUT2D eigenvalue weighted by Crippen LogP contribution is -2.30. The number of aromatic nitrogens is 1. The molecule has 1 aliphatic heterocycles. The molecular formula is C23H14ClF3N2O4. The Balaban J connectivity index is 1.88. The number of benzene rings is 2. The number of rotatable bonds is 4. The maximum absolute atomic E-state index is 13.0. The molecular weight excluding hydrogens is 461 g/mol. The summed E-state index contributed by atoms with van der Waals surface area (Å²) in [5, 5.41) is 11.3. The van der Waals surface area contributed by atoms with Gasteiger partial charge in [-0.05, 0) is 48.5 Å². The van der Waals surface area contributed by atoms with Crippen molar-refractivity contribution in [2.45, 2.75) is 12.4 Å². The number of amides is 1. The van der Waals surface area contributed by atoms with Crippen LogP contribution >= 0.6 is 11.6 Å². The fraction of sp³-hybridized carbons (Fsp3) is 0.0870. The van der Waals surface area contributed by atoms with Crippen molar-refractivity contribution in [2.75, 3.05) is 4.90 Å². The summed E-state index contributed by atoms with van der Waals surface area (Å²) in [6.45, 7) is 0. The highest BCUT2D eigenvalue weighted by molar-refractivity contribution is 6.51. The number of ether oxygens (including phenoxy) is 1. The van der Waals surface area contributed by atoms with Crippen LogP contribution in [0.3, 0.4) is 0 Å². The maximum Gasteiger partial charge on any atom is 0.573 e. The minimum Gasteiger partial charge on any atom is -0.507 e. The van der Waals surface area contributed by atoms with Gasteiger partial charge in [0, 0.05) is 28.5 Å². The topological polar surface area (TPSA) is 79.7 Å². The quantitative estimate of drug-likeness (QED) is 0.317. The molecule has 3 aromatic rings. The Morgan fingerprint density at radius 2 is 1.76 bits per heavy atom. The number of Topliss-reactive ketones (excluding diaryl/α,β-unsaturated/α-hetero) is 1. The Bertz CT molecular complexity index is 1240. The normalized spacial score (nSPS) is 17.9. The third-order valence-corrected chi connectivity index (χ3v) is 5.11. The average Bonchev–Trinajstić information content (AvgIpc) is 3.04. The van der Waals surface area contributed by atoms with Crippen LogP contribution in [0.15, 0.2) is 78.5 Å². The van der Waals surface area contributed by atoms with Gasteiger partial charge in [-0.3, -0.25) is 19.5 Å². The summed E-state index contributed by atoms with van der Waals surface area (Å²) in [4.78, 5) is 31.2. The van der Waals surface area contributed by atoms with E-state index in [1.54, 1.807) is 12.1 Å². The van der Waals surface area contributed by atoms with Gasteiger partial charge in [0.2, 0.25) is 0 Å². The fourth-order valence-electron chi connectivity index (χ4n) is 3.51. The zero-order valence-electron chi connectivity index (χ0n) is 16.6. The van der Waals surface area contributed by atoms with Crippen LogP contribution in [0, 0.1) is 0 Å². The molecule has 168 valence electrons. The number of carbonyl (C=O) groups is 2. The molecule has 1 unspecified atom stereocenters. The van der Waals surface area contributed by atoms with Gasteiger partial charge in [0.05, 0.1) is 11.3 Å². The van der Waals surface area contributed by atoms with Crippen molar-refractivity contribution < 1.29 is 32.6 Å². The molecule has 1 fully saturated rings. The second-order valence-corrected chi connectivity index (χ2v) is 7.41. The van der Waals surface area contributed by atoms with Crippen LogP contribution in [0.4, 0.5) is 18.9 Å². The average molecular weight is 475 g/mol. The summed E-state index contributed by atoms with van der Waals surface area (Å²) < 4.78 is 42.0. The number of anilines is 1. The van der Waals surface area contributed by atoms with Crippen molar-refractivity contribution in [2.24, 2.45) is 0 Å². The van der Waals surface area contributed by atoms with Crippen LogP contribution < -0.4 is 9.64 Å². The molecule has 33 heavy (non-hydrogen) atoms. The lowest BCUT2D eigenvalue weighted by molar-refractivity contribution is -0.274. The maximum atomic E-state index is 13.0. The van der Waals surface area contributed by atoms with Crippen LogP contribution in [0.5, 0.6) is 5.75 Å². The Morgan fingerprint density at radius 3 is 2.39 bits per heavy atom. The molecule has 4 rings (SSSR count). The zero-order valence-corrected chi connectivity index (χ0v) is 17.3. The van der Waals surface area contributed by atoms with Crippen molar-refractivity contribution >= 4 is 34.7 Å². The van der Waals surface area contributed by atoms with Crippen molar-refractivity contribution in [3.05, 3.63) is 94.8 Å². The minimum atomic E-state index is -4.94. The van der Waals surface area contributed by atoms with Gasteiger partial charge in [0.1, 0.15) is 17.6 Å². The number of carbonyl (C=O) groups excluding carboxylic acids is 2. The van der Waals surface area contributed by atoms with Crippen molar-refractivity contribution in [3.8, 4) is 5.75 Å². The largest absolute Gasteiger partial charge is 0.573 e. The number of aliphatic hydroxyl groups excluding tert-OH is 1. The van der Waals surface area contributed by atoms with Crippen LogP contribution in [0.25, 0.3) is 5.76 Å². The molecule has 1 amide bonds. The Morgan fingerprint density at radius 1 is 1.03 bits per heavy atom. The third kappa shape index (κ3) is 4.54. The molecule has 0 aliphatic carbocycles. The summed E-state index contributed by atoms with van der Waals surface area (Å²) in [5.74, 6) is -3.09. The van der Waals surface area contributed by atoms with Gasteiger partial charge < -0.3 is 9.84 Å². The van der Waals surface area contributed by atoms with E-state index in [-0.39, 0.29) is 22.5 Å². The zero-order chi connectivity index (χ0) is 23.8. The molecule has 1 aliphatic rings. The van der Waals surface area contributed by atoms with Gasteiger partial charge >= 0.3 is 6.36 Å². The van der Waals surface area contributed by atoms with E-state index in [2.05, 4.69) is 9.72 Å². The fourth-order valence-corrected chi connectivity index (χ4v) is 3.64. The first-order valence-electron chi connectivity index (χ1n) is 9.49. The summed E-state index contributed by atoms with van der Waals surface area (Å²) >= 11 is 5.89. The van der Waals surface area contributed by atoms with Crippen molar-refractivity contribution in [1.29, 1.82) is 0 Å². The Labute approximate surface area is 190 Å². The summed E-state index contributed by atoms with van der Waals surface area (Å²) in [5.41, 5.74) is 0.162. The highest BCUT2D eigenvalue weighted by Crippen LogP contribution is 2.42. The molecule has 2 aromatic carbocycles. The molecule has 1 saturated heterocycles. The molecule has 0 spiro atoms. The lowest BCUT2D eigenvalue weighted by atomic mass is 9.98. The first-order valence-corrected chi connectivity index (χ1v) is 9.87. The van der Waals surface area contributed by atoms with Gasteiger partial charge in [-0.15, -0.1) is 13.2 Å². The molecule has 0 saturated carbocycles. The van der Waals surface area contributed by atoms with E-state index in [0.717, 1.165) is 17.0 Å². The van der Waals surface area contributed by atoms with E-state index in [4.69, 9.17) is 11.6 Å². The number of alkyl halides is 3. The van der Waals surface area contributed by atoms with E-state index in [1.807, 2.05) is 0 Å². The third-order valence-electron chi connectivity index (χ3n) is 4.86. The van der Waals surface area contributed by atoms with E-state index in [1.165, 1.54) is 48.7 Å². The number of hydrogen-bond donors (Lipinski definition) is 1. The number of nitrogens with zero attached hydrogens (tertiary/aromatic N) is 2. The van der Waals surface area contributed by atoms with Crippen molar-refractivity contribution in [1.82, 2.24) is 4.98 Å². The first-order chi connectivity index (χ1) is 15.7. The Hall–Kier alpha value is -3.85. The number of halogens is 4. The minimum absolute atomic E-state index is 0.0374. The molecule has 10 heteroatoms. The molecule has 6 nitrogen and oxygen atoms in total. The summed E-state index contributed by atoms with van der Waals surface area (Å²) in [6, 6.07) is 14.2. The van der Waals surface area contributed by atoms with Crippen molar-refractivity contribution in [3.63, 3.8) is 0 Å². The van der Waals surface area contributed by atoms with E-state index < -0.39 is 35.6 Å². The highest BCUT2D eigenvalue weighted by atomic mass is 35.5. The molecule has 1 atom stereocenters. The molecule has 2 heterocycles. The molecule has 0 bridgehead atoms. The van der Waals surface area contributed by atoms with Gasteiger partial charge in [-0.1, -0.05) is 23.7 Å². The Kier molecular flexibility index (Phi) is 5.82. The standard InChI is InChI=1S/C23H14ClF3N2O4/c24-14-9-7-13(8-10-14)20(30)18-19(17-6-1-2-11-28-17)29(22(32)21(18)31)15-4-3-5-16(12-15)33-23(25,26)27/h1-12,19,30H/b20-18+. The monoisotopic (exact) mass is 474 g/mol. The smallest absolute Gasteiger partial charge is 0.507 e. The number of aliphatic hydroxyl groups is 1. The van der Waals surface area contributed by atoms with Crippen LogP contribution in [0.2, 0.25) is 5.02 Å². The van der Waals surface area contributed by atoms with E-state index in [9.17, 15) is 27.9 Å². The van der Waals surface area contributed by atoms with Gasteiger partial charge in [0.25, 0.3) is 11.7 Å². The first kappa shape index (κ1) is 22.3. The second kappa shape index (κ2) is 8.59. The number of pyridine rings is 1. The van der Waals surface area contributed by atoms with Gasteiger partial charge in [-0.2, -0.15) is 0 Å². The predicted octanol–water partition coefficient (Wildman–Crippen LogP) is 5.26. The van der Waals surface area contributed by atoms with Crippen LogP contribution in [-0.4, -0.2) is 28.1 Å². The highest BCUT2D eigenvalue weighted by Gasteiger charge is 2.47. The second-order valence-electron chi connectivity index (χ2n) is 6.98. The van der Waals surface area contributed by atoms with Gasteiger partial charge in [0.15, 0.2) is 0 Å². The summed E-state index contributed by atoms with van der Waals surface area (Å²) in [6.07, 6.45) is -3.51. The lowest BCUT2D eigenvalue weighted by Gasteiger charge is -2.25.